The van der Waals surface area contributed by atoms with Gasteiger partial charge in [-0.2, -0.15) is 5.10 Å². The van der Waals surface area contributed by atoms with Crippen molar-refractivity contribution in [2.75, 3.05) is 0 Å². The third-order valence-corrected chi connectivity index (χ3v) is 4.44. The number of halogens is 1. The highest BCUT2D eigenvalue weighted by atomic mass is 19.1. The quantitative estimate of drug-likeness (QED) is 0.677. The van der Waals surface area contributed by atoms with Crippen molar-refractivity contribution in [2.45, 2.75) is 32.9 Å². The fourth-order valence-corrected chi connectivity index (χ4v) is 2.75. The van der Waals surface area contributed by atoms with Gasteiger partial charge in [-0.15, -0.1) is 0 Å². The molecule has 0 spiro atoms. The molecule has 1 unspecified atom stereocenters. The highest BCUT2D eigenvalue weighted by Crippen LogP contribution is 2.19. The minimum atomic E-state index is -0.509. The Morgan fingerprint density at radius 2 is 2.00 bits per heavy atom. The highest BCUT2D eigenvalue weighted by molar-refractivity contribution is 5.94. The minimum Gasteiger partial charge on any atom is -0.332 e. The summed E-state index contributed by atoms with van der Waals surface area (Å²) in [5.74, 6) is -0.697. The van der Waals surface area contributed by atoms with Crippen molar-refractivity contribution in [1.29, 1.82) is 0 Å². The van der Waals surface area contributed by atoms with Crippen LogP contribution in [0.5, 0.6) is 0 Å². The van der Waals surface area contributed by atoms with Gasteiger partial charge in [-0.1, -0.05) is 37.3 Å². The molecular formula is C20H21FN4O. The Hall–Kier alpha value is -3.02. The minimum absolute atomic E-state index is 0.0424. The first-order valence-corrected chi connectivity index (χ1v) is 8.59. The SMILES string of the molecule is CCC(C)N(Cc1ccccc1)C(=O)c1ccc(-n2cncn2)c(F)c1. The number of aromatic nitrogens is 3. The molecule has 0 bridgehead atoms. The summed E-state index contributed by atoms with van der Waals surface area (Å²) in [6.45, 7) is 4.52. The molecule has 3 rings (SSSR count). The van der Waals surface area contributed by atoms with E-state index in [0.717, 1.165) is 12.0 Å². The molecule has 1 atom stereocenters. The van der Waals surface area contributed by atoms with Gasteiger partial charge in [-0.25, -0.2) is 14.1 Å². The molecule has 3 aromatic rings. The van der Waals surface area contributed by atoms with E-state index >= 15 is 0 Å². The van der Waals surface area contributed by atoms with E-state index in [9.17, 15) is 9.18 Å². The summed E-state index contributed by atoms with van der Waals surface area (Å²) < 4.78 is 15.8. The van der Waals surface area contributed by atoms with Crippen LogP contribution in [0.1, 0.15) is 36.2 Å². The zero-order valence-electron chi connectivity index (χ0n) is 14.8. The number of carbonyl (C=O) groups is 1. The van der Waals surface area contributed by atoms with E-state index in [1.54, 1.807) is 17.0 Å². The van der Waals surface area contributed by atoms with Crippen LogP contribution < -0.4 is 0 Å². The molecule has 1 heterocycles. The predicted octanol–water partition coefficient (Wildman–Crippen LogP) is 3.85. The standard InChI is InChI=1S/C20H21FN4O/c1-3-15(2)24(12-16-7-5-4-6-8-16)20(26)17-9-10-19(18(21)11-17)25-14-22-13-23-25/h4-11,13-15H,3,12H2,1-2H3. The van der Waals surface area contributed by atoms with Crippen LogP contribution >= 0.6 is 0 Å². The fraction of sp³-hybridized carbons (Fsp3) is 0.250. The van der Waals surface area contributed by atoms with E-state index in [0.29, 0.717) is 12.1 Å². The number of rotatable bonds is 6. The van der Waals surface area contributed by atoms with Crippen LogP contribution in [-0.4, -0.2) is 31.6 Å². The highest BCUT2D eigenvalue weighted by Gasteiger charge is 2.22. The fourth-order valence-electron chi connectivity index (χ4n) is 2.75. The first kappa shape index (κ1) is 17.8. The number of hydrogen-bond acceptors (Lipinski definition) is 3. The normalized spacial score (nSPS) is 12.0. The maximum absolute atomic E-state index is 14.5. The predicted molar refractivity (Wildman–Crippen MR) is 97.4 cm³/mol. The Kier molecular flexibility index (Phi) is 5.41. The summed E-state index contributed by atoms with van der Waals surface area (Å²) in [6.07, 6.45) is 3.57. The molecule has 0 aliphatic heterocycles. The lowest BCUT2D eigenvalue weighted by atomic mass is 10.1. The molecule has 0 aliphatic carbocycles. The van der Waals surface area contributed by atoms with Gasteiger partial charge >= 0.3 is 0 Å². The smallest absolute Gasteiger partial charge is 0.254 e. The van der Waals surface area contributed by atoms with Crippen molar-refractivity contribution in [3.8, 4) is 5.69 Å². The molecule has 26 heavy (non-hydrogen) atoms. The number of benzene rings is 2. The largest absolute Gasteiger partial charge is 0.332 e. The van der Waals surface area contributed by atoms with Crippen molar-refractivity contribution < 1.29 is 9.18 Å². The second-order valence-electron chi connectivity index (χ2n) is 6.18. The van der Waals surface area contributed by atoms with Crippen molar-refractivity contribution in [2.24, 2.45) is 0 Å². The van der Waals surface area contributed by atoms with Crippen LogP contribution in [-0.2, 0) is 6.54 Å². The Bertz CT molecular complexity index is 865. The maximum atomic E-state index is 14.5. The zero-order chi connectivity index (χ0) is 18.5. The van der Waals surface area contributed by atoms with E-state index in [2.05, 4.69) is 10.1 Å². The summed E-state index contributed by atoms with van der Waals surface area (Å²) in [6, 6.07) is 14.3. The number of hydrogen-bond donors (Lipinski definition) is 0. The van der Waals surface area contributed by atoms with Crippen molar-refractivity contribution in [3.63, 3.8) is 0 Å². The van der Waals surface area contributed by atoms with Gasteiger partial charge in [0.15, 0.2) is 0 Å². The topological polar surface area (TPSA) is 51.0 Å². The molecule has 134 valence electrons. The molecule has 0 fully saturated rings. The average molecular weight is 352 g/mol. The Balaban J connectivity index is 1.88. The van der Waals surface area contributed by atoms with Gasteiger partial charge in [0.05, 0.1) is 0 Å². The summed E-state index contributed by atoms with van der Waals surface area (Å²) in [7, 11) is 0. The molecule has 2 aromatic carbocycles. The van der Waals surface area contributed by atoms with Crippen molar-refractivity contribution in [1.82, 2.24) is 19.7 Å². The van der Waals surface area contributed by atoms with E-state index in [4.69, 9.17) is 0 Å². The number of nitrogens with zero attached hydrogens (tertiary/aromatic N) is 4. The molecule has 0 aliphatic rings. The molecule has 0 radical (unpaired) electrons. The Morgan fingerprint density at radius 3 is 2.62 bits per heavy atom. The molecule has 0 saturated carbocycles. The second kappa shape index (κ2) is 7.91. The first-order valence-electron chi connectivity index (χ1n) is 8.59. The third-order valence-electron chi connectivity index (χ3n) is 4.44. The Labute approximate surface area is 152 Å². The maximum Gasteiger partial charge on any atom is 0.254 e. The van der Waals surface area contributed by atoms with E-state index < -0.39 is 5.82 Å². The van der Waals surface area contributed by atoms with E-state index in [1.165, 1.54) is 23.4 Å². The zero-order valence-corrected chi connectivity index (χ0v) is 14.8. The van der Waals surface area contributed by atoms with E-state index in [1.807, 2.05) is 44.2 Å². The van der Waals surface area contributed by atoms with Crippen LogP contribution in [0.2, 0.25) is 0 Å². The average Bonchev–Trinajstić information content (AvgIpc) is 3.20. The Morgan fingerprint density at radius 1 is 1.23 bits per heavy atom. The van der Waals surface area contributed by atoms with Crippen molar-refractivity contribution >= 4 is 5.91 Å². The van der Waals surface area contributed by atoms with Gasteiger partial charge in [0, 0.05) is 18.2 Å². The van der Waals surface area contributed by atoms with Gasteiger partial charge in [0.25, 0.3) is 5.91 Å². The molecule has 0 saturated heterocycles. The lowest BCUT2D eigenvalue weighted by Gasteiger charge is -2.29. The molecule has 5 nitrogen and oxygen atoms in total. The lowest BCUT2D eigenvalue weighted by molar-refractivity contribution is 0.0671. The van der Waals surface area contributed by atoms with Gasteiger partial charge in [0.1, 0.15) is 24.2 Å². The number of amides is 1. The molecule has 0 N–H and O–H groups in total. The molecule has 1 amide bonds. The third kappa shape index (κ3) is 3.79. The second-order valence-corrected chi connectivity index (χ2v) is 6.18. The van der Waals surface area contributed by atoms with Gasteiger partial charge < -0.3 is 4.90 Å². The summed E-state index contributed by atoms with van der Waals surface area (Å²) in [5.41, 5.74) is 1.63. The monoisotopic (exact) mass is 352 g/mol. The van der Waals surface area contributed by atoms with Crippen LogP contribution in [0.4, 0.5) is 4.39 Å². The lowest BCUT2D eigenvalue weighted by Crippen LogP contribution is -2.37. The van der Waals surface area contributed by atoms with Crippen LogP contribution in [0, 0.1) is 5.82 Å². The van der Waals surface area contributed by atoms with Gasteiger partial charge in [0.2, 0.25) is 0 Å². The summed E-state index contributed by atoms with van der Waals surface area (Å²) >= 11 is 0. The van der Waals surface area contributed by atoms with Crippen molar-refractivity contribution in [3.05, 3.63) is 78.1 Å². The summed E-state index contributed by atoms with van der Waals surface area (Å²) in [5, 5.41) is 3.92. The van der Waals surface area contributed by atoms with Gasteiger partial charge in [-0.05, 0) is 37.1 Å². The number of carbonyl (C=O) groups excluding carboxylic acids is 1. The van der Waals surface area contributed by atoms with Gasteiger partial charge in [-0.3, -0.25) is 4.79 Å². The van der Waals surface area contributed by atoms with Crippen LogP contribution in [0.25, 0.3) is 5.69 Å². The molecule has 1 aromatic heterocycles. The molecular weight excluding hydrogens is 331 g/mol. The van der Waals surface area contributed by atoms with Crippen LogP contribution in [0.15, 0.2) is 61.2 Å². The first-order chi connectivity index (χ1) is 12.6. The molecule has 6 heteroatoms. The summed E-state index contributed by atoms with van der Waals surface area (Å²) in [4.78, 5) is 18.6. The van der Waals surface area contributed by atoms with E-state index in [-0.39, 0.29) is 17.6 Å². The van der Waals surface area contributed by atoms with Crippen LogP contribution in [0.3, 0.4) is 0 Å².